The first-order chi connectivity index (χ1) is 16.4. The molecule has 0 fully saturated rings. The van der Waals surface area contributed by atoms with Crippen molar-refractivity contribution in [2.75, 3.05) is 0 Å². The van der Waals surface area contributed by atoms with Crippen molar-refractivity contribution in [1.82, 2.24) is 24.4 Å². The standard InChI is InChI=1S/C28H27N5O/c1-28(2,3)23-11-9-21(10-12-23)26(34)16-24-15-25(33-27(31-24)13-14-29-33)22-17-30-32(19-22)18-20-7-5-4-6-8-20/h4-15,17,19H,16,18H2,1-3H3. The molecule has 0 aliphatic heterocycles. The SMILES string of the molecule is CC(C)(C)c1ccc(C(=O)Cc2cc(-c3cnn(Cc4ccccc4)c3)n3nccc3n2)cc1. The minimum absolute atomic E-state index is 0.0440. The van der Waals surface area contributed by atoms with Crippen molar-refractivity contribution in [3.05, 3.63) is 108 Å². The summed E-state index contributed by atoms with van der Waals surface area (Å²) in [7, 11) is 0. The molecule has 0 unspecified atom stereocenters. The molecule has 5 aromatic rings. The van der Waals surface area contributed by atoms with E-state index >= 15 is 0 Å². The molecule has 0 saturated heterocycles. The molecule has 0 aliphatic carbocycles. The number of rotatable bonds is 6. The lowest BCUT2D eigenvalue weighted by Gasteiger charge is -2.19. The minimum atomic E-state index is 0.0440. The summed E-state index contributed by atoms with van der Waals surface area (Å²) >= 11 is 0. The number of hydrogen-bond acceptors (Lipinski definition) is 4. The number of fused-ring (bicyclic) bond motifs is 1. The van der Waals surface area contributed by atoms with Crippen molar-refractivity contribution in [3.63, 3.8) is 0 Å². The van der Waals surface area contributed by atoms with Crippen LogP contribution in [0.1, 0.15) is 48.0 Å². The third-order valence-electron chi connectivity index (χ3n) is 5.94. The second-order valence-corrected chi connectivity index (χ2v) is 9.57. The molecule has 5 rings (SSSR count). The second kappa shape index (κ2) is 8.71. The van der Waals surface area contributed by atoms with Gasteiger partial charge in [0.15, 0.2) is 11.4 Å². The topological polar surface area (TPSA) is 65.1 Å². The zero-order valence-corrected chi connectivity index (χ0v) is 19.6. The molecular weight excluding hydrogens is 422 g/mol. The number of aromatic nitrogens is 5. The molecule has 170 valence electrons. The Balaban J connectivity index is 1.42. The van der Waals surface area contributed by atoms with Gasteiger partial charge in [0.05, 0.1) is 36.7 Å². The van der Waals surface area contributed by atoms with Gasteiger partial charge in [-0.25, -0.2) is 9.50 Å². The van der Waals surface area contributed by atoms with E-state index in [1.807, 2.05) is 71.7 Å². The summed E-state index contributed by atoms with van der Waals surface area (Å²) in [4.78, 5) is 17.7. The Bertz CT molecular complexity index is 1440. The fraction of sp³-hybridized carbons (Fsp3) is 0.214. The summed E-state index contributed by atoms with van der Waals surface area (Å²) in [6, 6.07) is 21.9. The Morgan fingerprint density at radius 3 is 2.44 bits per heavy atom. The van der Waals surface area contributed by atoms with E-state index in [4.69, 9.17) is 0 Å². The second-order valence-electron chi connectivity index (χ2n) is 9.57. The van der Waals surface area contributed by atoms with Crippen molar-refractivity contribution in [2.24, 2.45) is 0 Å². The highest BCUT2D eigenvalue weighted by Gasteiger charge is 2.16. The predicted molar refractivity (Wildman–Crippen MR) is 133 cm³/mol. The lowest BCUT2D eigenvalue weighted by molar-refractivity contribution is 0.0992. The van der Waals surface area contributed by atoms with E-state index in [-0.39, 0.29) is 17.6 Å². The van der Waals surface area contributed by atoms with Gasteiger partial charge in [0.2, 0.25) is 0 Å². The fourth-order valence-electron chi connectivity index (χ4n) is 4.04. The van der Waals surface area contributed by atoms with Crippen LogP contribution in [0.5, 0.6) is 0 Å². The van der Waals surface area contributed by atoms with Gasteiger partial charge >= 0.3 is 0 Å². The van der Waals surface area contributed by atoms with Crippen molar-refractivity contribution in [1.29, 1.82) is 0 Å². The highest BCUT2D eigenvalue weighted by molar-refractivity contribution is 5.97. The van der Waals surface area contributed by atoms with Gasteiger partial charge in [-0.1, -0.05) is 75.4 Å². The van der Waals surface area contributed by atoms with Gasteiger partial charge in [-0.3, -0.25) is 9.48 Å². The number of nitrogens with zero attached hydrogens (tertiary/aromatic N) is 5. The average Bonchev–Trinajstić information content (AvgIpc) is 3.48. The summed E-state index contributed by atoms with van der Waals surface area (Å²) in [6.45, 7) is 7.18. The van der Waals surface area contributed by atoms with Gasteiger partial charge in [-0.05, 0) is 22.6 Å². The molecule has 3 aromatic heterocycles. The molecule has 0 amide bonds. The molecule has 0 atom stereocenters. The maximum atomic E-state index is 13.0. The molecule has 0 saturated carbocycles. The molecule has 0 aliphatic rings. The number of ketones is 1. The van der Waals surface area contributed by atoms with Crippen molar-refractivity contribution < 1.29 is 4.79 Å². The number of carbonyl (C=O) groups excluding carboxylic acids is 1. The van der Waals surface area contributed by atoms with Crippen LogP contribution in [-0.4, -0.2) is 30.2 Å². The summed E-state index contributed by atoms with van der Waals surface area (Å²) in [5, 5.41) is 8.96. The first-order valence-electron chi connectivity index (χ1n) is 11.4. The molecule has 2 aromatic carbocycles. The third-order valence-corrected chi connectivity index (χ3v) is 5.94. The molecule has 0 bridgehead atoms. The first-order valence-corrected chi connectivity index (χ1v) is 11.4. The molecule has 0 spiro atoms. The highest BCUT2D eigenvalue weighted by Crippen LogP contribution is 2.24. The van der Waals surface area contributed by atoms with E-state index in [2.05, 4.69) is 48.1 Å². The third kappa shape index (κ3) is 4.53. The summed E-state index contributed by atoms with van der Waals surface area (Å²) < 4.78 is 3.69. The quantitative estimate of drug-likeness (QED) is 0.327. The lowest BCUT2D eigenvalue weighted by Crippen LogP contribution is -2.12. The lowest BCUT2D eigenvalue weighted by atomic mass is 9.86. The molecule has 6 nitrogen and oxygen atoms in total. The smallest absolute Gasteiger partial charge is 0.168 e. The van der Waals surface area contributed by atoms with Gasteiger partial charge in [-0.15, -0.1) is 0 Å². The maximum absolute atomic E-state index is 13.0. The molecule has 6 heteroatoms. The monoisotopic (exact) mass is 449 g/mol. The van der Waals surface area contributed by atoms with E-state index in [0.717, 1.165) is 11.3 Å². The molecule has 0 radical (unpaired) electrons. The minimum Gasteiger partial charge on any atom is -0.294 e. The molecule has 34 heavy (non-hydrogen) atoms. The number of Topliss-reactive ketones (excluding diaryl/α,β-unsaturated/α-hetero) is 1. The highest BCUT2D eigenvalue weighted by atomic mass is 16.1. The first kappa shape index (κ1) is 21.8. The van der Waals surface area contributed by atoms with Crippen LogP contribution in [0.3, 0.4) is 0 Å². The van der Waals surface area contributed by atoms with Crippen LogP contribution in [-0.2, 0) is 18.4 Å². The predicted octanol–water partition coefficient (Wildman–Crippen LogP) is 5.36. The molecule has 0 N–H and O–H groups in total. The average molecular weight is 450 g/mol. The summed E-state index contributed by atoms with van der Waals surface area (Å²) in [5.74, 6) is 0.0440. The Kier molecular flexibility index (Phi) is 5.57. The van der Waals surface area contributed by atoms with Crippen LogP contribution in [0, 0.1) is 0 Å². The molecular formula is C28H27N5O. The van der Waals surface area contributed by atoms with E-state index in [9.17, 15) is 4.79 Å². The van der Waals surface area contributed by atoms with E-state index in [1.165, 1.54) is 11.1 Å². The number of hydrogen-bond donors (Lipinski definition) is 0. The van der Waals surface area contributed by atoms with E-state index in [0.29, 0.717) is 23.4 Å². The Hall–Kier alpha value is -4.06. The van der Waals surface area contributed by atoms with Crippen LogP contribution < -0.4 is 0 Å². The van der Waals surface area contributed by atoms with Crippen LogP contribution in [0.25, 0.3) is 16.9 Å². The van der Waals surface area contributed by atoms with Crippen LogP contribution in [0.4, 0.5) is 0 Å². The normalized spacial score (nSPS) is 11.7. The van der Waals surface area contributed by atoms with E-state index < -0.39 is 0 Å². The Morgan fingerprint density at radius 1 is 0.941 bits per heavy atom. The van der Waals surface area contributed by atoms with Gasteiger partial charge in [0.1, 0.15) is 0 Å². The largest absolute Gasteiger partial charge is 0.294 e. The van der Waals surface area contributed by atoms with Gasteiger partial charge in [0, 0.05) is 23.4 Å². The summed E-state index contributed by atoms with van der Waals surface area (Å²) in [5.41, 5.74) is 6.34. The van der Waals surface area contributed by atoms with Crippen LogP contribution in [0.2, 0.25) is 0 Å². The van der Waals surface area contributed by atoms with Crippen LogP contribution >= 0.6 is 0 Å². The van der Waals surface area contributed by atoms with Gasteiger partial charge < -0.3 is 0 Å². The van der Waals surface area contributed by atoms with Crippen molar-refractivity contribution in [3.8, 4) is 11.3 Å². The van der Waals surface area contributed by atoms with Gasteiger partial charge in [0.25, 0.3) is 0 Å². The van der Waals surface area contributed by atoms with Gasteiger partial charge in [-0.2, -0.15) is 10.2 Å². The molecule has 3 heterocycles. The van der Waals surface area contributed by atoms with E-state index in [1.54, 1.807) is 10.7 Å². The zero-order chi connectivity index (χ0) is 23.7. The zero-order valence-electron chi connectivity index (χ0n) is 19.6. The van der Waals surface area contributed by atoms with Crippen molar-refractivity contribution in [2.45, 2.75) is 39.2 Å². The summed E-state index contributed by atoms with van der Waals surface area (Å²) in [6.07, 6.45) is 5.77. The van der Waals surface area contributed by atoms with Crippen molar-refractivity contribution >= 4 is 11.4 Å². The number of carbonyl (C=O) groups is 1. The Morgan fingerprint density at radius 2 is 1.71 bits per heavy atom. The number of benzene rings is 2. The maximum Gasteiger partial charge on any atom is 0.168 e. The Labute approximate surface area is 198 Å². The van der Waals surface area contributed by atoms with Crippen LogP contribution in [0.15, 0.2) is 85.3 Å². The fourth-order valence-corrected chi connectivity index (χ4v) is 4.04.